The highest BCUT2D eigenvalue weighted by Gasteiger charge is 2.33. The van der Waals surface area contributed by atoms with Crippen LogP contribution in [0.4, 0.5) is 0 Å². The van der Waals surface area contributed by atoms with Gasteiger partial charge in [0.1, 0.15) is 5.69 Å². The Morgan fingerprint density at radius 1 is 1.16 bits per heavy atom. The largest absolute Gasteiger partial charge is 0.395 e. The van der Waals surface area contributed by atoms with Crippen LogP contribution < -0.4 is 0 Å². The van der Waals surface area contributed by atoms with Crippen LogP contribution >= 0.6 is 0 Å². The summed E-state index contributed by atoms with van der Waals surface area (Å²) in [5.74, 6) is -0.577. The summed E-state index contributed by atoms with van der Waals surface area (Å²) >= 11 is 0. The van der Waals surface area contributed by atoms with Gasteiger partial charge in [-0.1, -0.05) is 24.6 Å². The summed E-state index contributed by atoms with van der Waals surface area (Å²) in [5, 5.41) is 9.71. The molecule has 0 aliphatic heterocycles. The number of amides is 1. The molecule has 1 aromatic carbocycles. The van der Waals surface area contributed by atoms with Crippen LogP contribution in [0, 0.1) is 12.8 Å². The van der Waals surface area contributed by atoms with Crippen LogP contribution in [0.15, 0.2) is 47.8 Å². The second-order valence-corrected chi connectivity index (χ2v) is 9.84. The monoisotopic (exact) mass is 464 g/mol. The van der Waals surface area contributed by atoms with Gasteiger partial charge in [0.05, 0.1) is 23.8 Å². The van der Waals surface area contributed by atoms with Gasteiger partial charge in [0.15, 0.2) is 0 Å². The summed E-state index contributed by atoms with van der Waals surface area (Å²) in [6.07, 6.45) is 3.88. The molecule has 1 amide bonds. The number of carbonyl (C=O) groups excluding carboxylic acids is 1. The van der Waals surface area contributed by atoms with Crippen molar-refractivity contribution in [3.05, 3.63) is 54.1 Å². The Hall–Kier alpha value is -2.40. The molecule has 0 aliphatic carbocycles. The molecule has 3 atom stereocenters. The van der Waals surface area contributed by atoms with E-state index in [1.54, 1.807) is 38.2 Å². The third-order valence-corrected chi connectivity index (χ3v) is 7.37. The molecule has 0 fully saturated rings. The van der Waals surface area contributed by atoms with E-state index in [2.05, 4.69) is 9.97 Å². The van der Waals surface area contributed by atoms with E-state index in [9.17, 15) is 18.3 Å². The summed E-state index contributed by atoms with van der Waals surface area (Å²) in [6, 6.07) is 5.98. The number of methoxy groups -OCH3 is 1. The van der Waals surface area contributed by atoms with E-state index in [0.717, 1.165) is 5.56 Å². The fourth-order valence-electron chi connectivity index (χ4n) is 3.30. The molecule has 0 saturated heterocycles. The number of sulfonamides is 1. The molecule has 0 radical (unpaired) electrons. The first-order valence-electron chi connectivity index (χ1n) is 10.4. The van der Waals surface area contributed by atoms with Crippen LogP contribution in [-0.2, 0) is 14.8 Å². The maximum Gasteiger partial charge on any atom is 0.273 e. The van der Waals surface area contributed by atoms with Gasteiger partial charge in [0.25, 0.3) is 5.91 Å². The number of aliphatic hydroxyl groups excluding tert-OH is 1. The molecule has 0 aliphatic rings. The predicted octanol–water partition coefficient (Wildman–Crippen LogP) is 1.58. The molecule has 1 N–H and O–H groups in total. The Morgan fingerprint density at radius 2 is 1.81 bits per heavy atom. The van der Waals surface area contributed by atoms with Crippen molar-refractivity contribution in [2.45, 2.75) is 37.8 Å². The second kappa shape index (κ2) is 11.5. The van der Waals surface area contributed by atoms with Crippen LogP contribution in [0.25, 0.3) is 0 Å². The zero-order chi connectivity index (χ0) is 23.9. The first-order valence-corrected chi connectivity index (χ1v) is 11.8. The van der Waals surface area contributed by atoms with Crippen LogP contribution in [0.5, 0.6) is 0 Å². The van der Waals surface area contributed by atoms with E-state index in [4.69, 9.17) is 4.74 Å². The fourth-order valence-corrected chi connectivity index (χ4v) is 5.02. The zero-order valence-corrected chi connectivity index (χ0v) is 20.0. The summed E-state index contributed by atoms with van der Waals surface area (Å²) in [5.41, 5.74) is 1.17. The van der Waals surface area contributed by atoms with Gasteiger partial charge in [0, 0.05) is 45.7 Å². The molecule has 10 heteroatoms. The van der Waals surface area contributed by atoms with Crippen LogP contribution in [0.1, 0.15) is 29.9 Å². The maximum atomic E-state index is 13.3. The first kappa shape index (κ1) is 25.9. The minimum Gasteiger partial charge on any atom is -0.395 e. The third-order valence-electron chi connectivity index (χ3n) is 5.37. The van der Waals surface area contributed by atoms with Crippen molar-refractivity contribution in [1.82, 2.24) is 19.2 Å². The first-order chi connectivity index (χ1) is 15.1. The molecule has 176 valence electrons. The molecule has 0 unspecified atom stereocenters. The number of carbonyl (C=O) groups is 1. The number of hydrogen-bond donors (Lipinski definition) is 1. The maximum absolute atomic E-state index is 13.3. The lowest BCUT2D eigenvalue weighted by Crippen LogP contribution is -2.47. The Bertz CT molecular complexity index is 970. The van der Waals surface area contributed by atoms with E-state index in [1.807, 2.05) is 13.8 Å². The Balaban J connectivity index is 2.19. The number of benzene rings is 1. The summed E-state index contributed by atoms with van der Waals surface area (Å²) < 4.78 is 33.5. The molecule has 2 rings (SSSR count). The van der Waals surface area contributed by atoms with Crippen molar-refractivity contribution in [3.8, 4) is 0 Å². The number of aromatic nitrogens is 2. The average Bonchev–Trinajstić information content (AvgIpc) is 2.80. The molecule has 9 nitrogen and oxygen atoms in total. The standard InChI is InChI=1S/C22H32N4O5S/c1-16-6-8-19(9-7-16)32(29,30)26(18(3)15-27)13-17(2)21(31-5)14-25(4)22(28)20-12-23-10-11-24-20/h6-12,17-18,21,27H,13-15H2,1-5H3/t17-,18+,21+/m1/s1. The lowest BCUT2D eigenvalue weighted by atomic mass is 10.0. The minimum absolute atomic E-state index is 0.115. The molecule has 1 aromatic heterocycles. The molecule has 1 heterocycles. The van der Waals surface area contributed by atoms with E-state index < -0.39 is 22.2 Å². The lowest BCUT2D eigenvalue weighted by Gasteiger charge is -2.33. The van der Waals surface area contributed by atoms with Gasteiger partial charge in [-0.05, 0) is 31.9 Å². The van der Waals surface area contributed by atoms with E-state index >= 15 is 0 Å². The third kappa shape index (κ3) is 6.32. The van der Waals surface area contributed by atoms with Crippen molar-refractivity contribution >= 4 is 15.9 Å². The van der Waals surface area contributed by atoms with Crippen LogP contribution in [0.2, 0.25) is 0 Å². The molecular formula is C22H32N4O5S. The zero-order valence-electron chi connectivity index (χ0n) is 19.2. The second-order valence-electron chi connectivity index (χ2n) is 7.95. The fraction of sp³-hybridized carbons (Fsp3) is 0.500. The van der Waals surface area contributed by atoms with E-state index in [1.165, 1.54) is 34.9 Å². The molecular weight excluding hydrogens is 432 g/mol. The lowest BCUT2D eigenvalue weighted by molar-refractivity contribution is 0.0219. The van der Waals surface area contributed by atoms with Gasteiger partial charge in [-0.15, -0.1) is 0 Å². The van der Waals surface area contributed by atoms with Gasteiger partial charge in [0.2, 0.25) is 10.0 Å². The number of likely N-dealkylation sites (N-methyl/N-ethyl adjacent to an activating group) is 1. The van der Waals surface area contributed by atoms with Gasteiger partial charge < -0.3 is 14.7 Å². The highest BCUT2D eigenvalue weighted by Crippen LogP contribution is 2.22. The van der Waals surface area contributed by atoms with Crippen molar-refractivity contribution in [2.75, 3.05) is 33.9 Å². The summed E-state index contributed by atoms with van der Waals surface area (Å²) in [6.45, 7) is 5.43. The van der Waals surface area contributed by atoms with Crippen LogP contribution in [-0.4, -0.2) is 84.6 Å². The Morgan fingerprint density at radius 3 is 2.34 bits per heavy atom. The van der Waals surface area contributed by atoms with E-state index in [-0.39, 0.29) is 42.1 Å². The smallest absolute Gasteiger partial charge is 0.273 e. The van der Waals surface area contributed by atoms with Crippen molar-refractivity contribution < 1.29 is 23.1 Å². The van der Waals surface area contributed by atoms with Gasteiger partial charge in [-0.2, -0.15) is 4.31 Å². The highest BCUT2D eigenvalue weighted by molar-refractivity contribution is 7.89. The van der Waals surface area contributed by atoms with Gasteiger partial charge in [-0.3, -0.25) is 9.78 Å². The predicted molar refractivity (Wildman–Crippen MR) is 121 cm³/mol. The molecule has 0 saturated carbocycles. The highest BCUT2D eigenvalue weighted by atomic mass is 32.2. The number of aliphatic hydroxyl groups is 1. The average molecular weight is 465 g/mol. The van der Waals surface area contributed by atoms with E-state index in [0.29, 0.717) is 0 Å². The number of ether oxygens (including phenoxy) is 1. The SMILES string of the molecule is CO[C@@H](CN(C)C(=O)c1cnccn1)[C@H](C)CN([C@@H](C)CO)S(=O)(=O)c1ccc(C)cc1. The number of rotatable bonds is 11. The summed E-state index contributed by atoms with van der Waals surface area (Å²) in [4.78, 5) is 22.2. The van der Waals surface area contributed by atoms with Gasteiger partial charge >= 0.3 is 0 Å². The minimum atomic E-state index is -3.83. The van der Waals surface area contributed by atoms with Crippen LogP contribution in [0.3, 0.4) is 0 Å². The molecule has 2 aromatic rings. The van der Waals surface area contributed by atoms with Crippen molar-refractivity contribution in [1.29, 1.82) is 0 Å². The molecule has 32 heavy (non-hydrogen) atoms. The number of nitrogens with zero attached hydrogens (tertiary/aromatic N) is 4. The Kier molecular flexibility index (Phi) is 9.26. The quantitative estimate of drug-likeness (QED) is 0.537. The normalized spacial score (nSPS) is 14.7. The number of aryl methyl sites for hydroxylation is 1. The van der Waals surface area contributed by atoms with Gasteiger partial charge in [-0.25, -0.2) is 13.4 Å². The Labute approximate surface area is 190 Å². The van der Waals surface area contributed by atoms with Crippen molar-refractivity contribution in [2.24, 2.45) is 5.92 Å². The van der Waals surface area contributed by atoms with Crippen molar-refractivity contribution in [3.63, 3.8) is 0 Å². The molecule has 0 spiro atoms. The number of hydrogen-bond acceptors (Lipinski definition) is 7. The topological polar surface area (TPSA) is 113 Å². The molecule has 0 bridgehead atoms. The summed E-state index contributed by atoms with van der Waals surface area (Å²) in [7, 11) is -0.679.